The van der Waals surface area contributed by atoms with Crippen molar-refractivity contribution in [1.29, 1.82) is 0 Å². The van der Waals surface area contributed by atoms with Gasteiger partial charge < -0.3 is 4.74 Å². The standard InChI is InChI=1S/C12H18N2O2/c1-12(2,3)14(13-4)11(15)16-10-8-6-5-7-9-10/h5-9,13H,1-4H3. The van der Waals surface area contributed by atoms with Crippen LogP contribution in [0.15, 0.2) is 30.3 Å². The molecule has 0 aliphatic heterocycles. The number of carbonyl (C=O) groups excluding carboxylic acids is 1. The molecule has 0 bridgehead atoms. The van der Waals surface area contributed by atoms with Crippen LogP contribution in [-0.2, 0) is 0 Å². The second-order valence-electron chi connectivity index (χ2n) is 4.41. The Balaban J connectivity index is 2.71. The summed E-state index contributed by atoms with van der Waals surface area (Å²) in [6.45, 7) is 5.78. The number of ether oxygens (including phenoxy) is 1. The number of benzene rings is 1. The van der Waals surface area contributed by atoms with E-state index >= 15 is 0 Å². The Labute approximate surface area is 96.2 Å². The zero-order chi connectivity index (χ0) is 12.2. The Morgan fingerprint density at radius 3 is 2.25 bits per heavy atom. The maximum atomic E-state index is 11.8. The number of nitrogens with zero attached hydrogens (tertiary/aromatic N) is 1. The average Bonchev–Trinajstić information content (AvgIpc) is 2.17. The smallest absolute Gasteiger partial charge is 0.409 e. The fourth-order valence-electron chi connectivity index (χ4n) is 1.34. The lowest BCUT2D eigenvalue weighted by Crippen LogP contribution is -2.53. The van der Waals surface area contributed by atoms with Gasteiger partial charge in [-0.05, 0) is 32.9 Å². The number of hydrogen-bond acceptors (Lipinski definition) is 3. The van der Waals surface area contributed by atoms with E-state index in [0.717, 1.165) is 0 Å². The zero-order valence-corrected chi connectivity index (χ0v) is 10.2. The van der Waals surface area contributed by atoms with Gasteiger partial charge in [0.05, 0.1) is 5.54 Å². The van der Waals surface area contributed by atoms with Gasteiger partial charge in [0, 0.05) is 7.05 Å². The summed E-state index contributed by atoms with van der Waals surface area (Å²) >= 11 is 0. The average molecular weight is 222 g/mol. The van der Waals surface area contributed by atoms with Gasteiger partial charge in [-0.25, -0.2) is 15.2 Å². The van der Waals surface area contributed by atoms with E-state index in [1.54, 1.807) is 19.2 Å². The summed E-state index contributed by atoms with van der Waals surface area (Å²) in [6, 6.07) is 9.01. The molecule has 4 nitrogen and oxygen atoms in total. The molecule has 1 amide bonds. The van der Waals surface area contributed by atoms with Crippen molar-refractivity contribution in [3.63, 3.8) is 0 Å². The van der Waals surface area contributed by atoms with Crippen LogP contribution < -0.4 is 10.2 Å². The van der Waals surface area contributed by atoms with Gasteiger partial charge in [-0.3, -0.25) is 0 Å². The molecule has 0 heterocycles. The monoisotopic (exact) mass is 222 g/mol. The number of hydrogen-bond donors (Lipinski definition) is 1. The molecule has 1 aromatic carbocycles. The summed E-state index contributed by atoms with van der Waals surface area (Å²) in [5.74, 6) is 0.539. The summed E-state index contributed by atoms with van der Waals surface area (Å²) in [5, 5.41) is 1.44. The van der Waals surface area contributed by atoms with Gasteiger partial charge in [0.15, 0.2) is 0 Å². The van der Waals surface area contributed by atoms with Crippen molar-refractivity contribution < 1.29 is 9.53 Å². The lowest BCUT2D eigenvalue weighted by atomic mass is 10.1. The highest BCUT2D eigenvalue weighted by Gasteiger charge is 2.26. The molecule has 0 aliphatic carbocycles. The first-order chi connectivity index (χ1) is 7.45. The second kappa shape index (κ2) is 4.99. The van der Waals surface area contributed by atoms with Gasteiger partial charge in [-0.1, -0.05) is 18.2 Å². The molecule has 16 heavy (non-hydrogen) atoms. The van der Waals surface area contributed by atoms with Crippen molar-refractivity contribution in [2.24, 2.45) is 0 Å². The first kappa shape index (κ1) is 12.5. The maximum absolute atomic E-state index is 11.8. The summed E-state index contributed by atoms with van der Waals surface area (Å²) in [7, 11) is 1.69. The van der Waals surface area contributed by atoms with E-state index in [1.807, 2.05) is 39.0 Å². The molecule has 0 aliphatic rings. The molecule has 0 spiro atoms. The van der Waals surface area contributed by atoms with Crippen molar-refractivity contribution in [3.05, 3.63) is 30.3 Å². The third kappa shape index (κ3) is 3.24. The van der Waals surface area contributed by atoms with E-state index in [2.05, 4.69) is 5.43 Å². The van der Waals surface area contributed by atoms with E-state index in [0.29, 0.717) is 5.75 Å². The molecule has 0 atom stereocenters. The Morgan fingerprint density at radius 1 is 1.25 bits per heavy atom. The lowest BCUT2D eigenvalue weighted by Gasteiger charge is -2.33. The number of carbonyl (C=O) groups is 1. The number of nitrogens with one attached hydrogen (secondary N) is 1. The molecule has 0 unspecified atom stereocenters. The molecule has 0 saturated carbocycles. The SMILES string of the molecule is CNN(C(=O)Oc1ccccc1)C(C)(C)C. The highest BCUT2D eigenvalue weighted by Crippen LogP contribution is 2.15. The first-order valence-corrected chi connectivity index (χ1v) is 5.19. The Morgan fingerprint density at radius 2 is 1.81 bits per heavy atom. The molecule has 0 fully saturated rings. The third-order valence-electron chi connectivity index (χ3n) is 2.03. The topological polar surface area (TPSA) is 41.6 Å². The molecule has 1 aromatic rings. The molecule has 1 N–H and O–H groups in total. The van der Waals surface area contributed by atoms with Crippen molar-refractivity contribution in [3.8, 4) is 5.75 Å². The van der Waals surface area contributed by atoms with Crippen LogP contribution in [0.4, 0.5) is 4.79 Å². The summed E-state index contributed by atoms with van der Waals surface area (Å²) in [5.41, 5.74) is 2.49. The molecular formula is C12H18N2O2. The molecule has 88 valence electrons. The van der Waals surface area contributed by atoms with Crippen LogP contribution in [0.1, 0.15) is 20.8 Å². The predicted octanol–water partition coefficient (Wildman–Crippen LogP) is 2.42. The number of para-hydroxylation sites is 1. The summed E-state index contributed by atoms with van der Waals surface area (Å²) in [6.07, 6.45) is -0.416. The third-order valence-corrected chi connectivity index (χ3v) is 2.03. The normalized spacial score (nSPS) is 11.0. The zero-order valence-electron chi connectivity index (χ0n) is 10.2. The minimum absolute atomic E-state index is 0.333. The van der Waals surface area contributed by atoms with Crippen LogP contribution >= 0.6 is 0 Å². The van der Waals surface area contributed by atoms with Gasteiger partial charge in [-0.2, -0.15) is 0 Å². The molecule has 0 radical (unpaired) electrons. The van der Waals surface area contributed by atoms with Crippen LogP contribution in [0.25, 0.3) is 0 Å². The molecule has 0 aromatic heterocycles. The van der Waals surface area contributed by atoms with E-state index in [9.17, 15) is 4.79 Å². The number of hydrazine groups is 1. The van der Waals surface area contributed by atoms with Crippen LogP contribution in [-0.4, -0.2) is 23.7 Å². The van der Waals surface area contributed by atoms with Crippen molar-refractivity contribution in [1.82, 2.24) is 10.4 Å². The van der Waals surface area contributed by atoms with Crippen LogP contribution in [0, 0.1) is 0 Å². The number of amides is 1. The highest BCUT2D eigenvalue weighted by molar-refractivity contribution is 5.70. The molecule has 4 heteroatoms. The maximum Gasteiger partial charge on any atom is 0.430 e. The molecule has 1 rings (SSSR count). The largest absolute Gasteiger partial charge is 0.430 e. The van der Waals surface area contributed by atoms with Crippen LogP contribution in [0.3, 0.4) is 0 Å². The molecule has 0 saturated heterocycles. The first-order valence-electron chi connectivity index (χ1n) is 5.19. The second-order valence-corrected chi connectivity index (χ2v) is 4.41. The van der Waals surface area contributed by atoms with E-state index in [1.165, 1.54) is 5.01 Å². The fraction of sp³-hybridized carbons (Fsp3) is 0.417. The predicted molar refractivity (Wildman–Crippen MR) is 63.1 cm³/mol. The van der Waals surface area contributed by atoms with E-state index in [-0.39, 0.29) is 5.54 Å². The lowest BCUT2D eigenvalue weighted by molar-refractivity contribution is 0.0778. The molecular weight excluding hydrogens is 204 g/mol. The fourth-order valence-corrected chi connectivity index (χ4v) is 1.34. The van der Waals surface area contributed by atoms with Gasteiger partial charge in [0.1, 0.15) is 5.75 Å². The van der Waals surface area contributed by atoms with Crippen molar-refractivity contribution >= 4 is 6.09 Å². The Kier molecular flexibility index (Phi) is 3.90. The Hall–Kier alpha value is -1.55. The summed E-state index contributed by atoms with van der Waals surface area (Å²) < 4.78 is 5.22. The van der Waals surface area contributed by atoms with E-state index < -0.39 is 6.09 Å². The highest BCUT2D eigenvalue weighted by atomic mass is 16.6. The quantitative estimate of drug-likeness (QED) is 0.781. The summed E-state index contributed by atoms with van der Waals surface area (Å²) in [4.78, 5) is 11.8. The van der Waals surface area contributed by atoms with Gasteiger partial charge in [0.25, 0.3) is 0 Å². The van der Waals surface area contributed by atoms with Crippen molar-refractivity contribution in [2.75, 3.05) is 7.05 Å². The van der Waals surface area contributed by atoms with Gasteiger partial charge in [0.2, 0.25) is 0 Å². The Bertz CT molecular complexity index is 344. The van der Waals surface area contributed by atoms with Gasteiger partial charge in [-0.15, -0.1) is 0 Å². The van der Waals surface area contributed by atoms with E-state index in [4.69, 9.17) is 4.74 Å². The minimum atomic E-state index is -0.416. The van der Waals surface area contributed by atoms with Crippen LogP contribution in [0.2, 0.25) is 0 Å². The van der Waals surface area contributed by atoms with Crippen molar-refractivity contribution in [2.45, 2.75) is 26.3 Å². The number of rotatable bonds is 2. The van der Waals surface area contributed by atoms with Gasteiger partial charge >= 0.3 is 6.09 Å². The minimum Gasteiger partial charge on any atom is -0.409 e. The van der Waals surface area contributed by atoms with Crippen LogP contribution in [0.5, 0.6) is 5.75 Å².